The van der Waals surface area contributed by atoms with Crippen LogP contribution in [0, 0.1) is 11.6 Å². The van der Waals surface area contributed by atoms with Crippen molar-refractivity contribution in [1.82, 2.24) is 4.72 Å². The molecule has 0 saturated heterocycles. The number of sulfonamides is 1. The van der Waals surface area contributed by atoms with Gasteiger partial charge in [-0.25, -0.2) is 21.9 Å². The van der Waals surface area contributed by atoms with Crippen LogP contribution in [0.15, 0.2) is 23.1 Å². The highest BCUT2D eigenvalue weighted by molar-refractivity contribution is 7.89. The predicted octanol–water partition coefficient (Wildman–Crippen LogP) is 2.29. The van der Waals surface area contributed by atoms with Crippen molar-refractivity contribution in [1.29, 1.82) is 0 Å². The van der Waals surface area contributed by atoms with Gasteiger partial charge in [-0.2, -0.15) is 0 Å². The summed E-state index contributed by atoms with van der Waals surface area (Å²) in [5.41, 5.74) is 5.60. The number of nitrogens with two attached hydrogens (primary N) is 1. The minimum atomic E-state index is -4.11. The maximum atomic E-state index is 13.6. The minimum absolute atomic E-state index is 0.0330. The first kappa shape index (κ1) is 16.3. The zero-order valence-electron chi connectivity index (χ0n) is 11.7. The summed E-state index contributed by atoms with van der Waals surface area (Å²) in [4.78, 5) is -0.681. The molecule has 1 saturated carbocycles. The summed E-state index contributed by atoms with van der Waals surface area (Å²) < 4.78 is 53.2. The van der Waals surface area contributed by atoms with Gasteiger partial charge in [-0.05, 0) is 31.0 Å². The fourth-order valence-corrected chi connectivity index (χ4v) is 3.83. The normalized spacial score (nSPS) is 19.2. The molecule has 4 nitrogen and oxygen atoms in total. The van der Waals surface area contributed by atoms with E-state index in [-0.39, 0.29) is 6.54 Å². The van der Waals surface area contributed by atoms with Crippen LogP contribution in [0.3, 0.4) is 0 Å². The van der Waals surface area contributed by atoms with Crippen molar-refractivity contribution in [3.05, 3.63) is 29.8 Å². The van der Waals surface area contributed by atoms with Gasteiger partial charge in [0.1, 0.15) is 16.5 Å². The average molecular weight is 318 g/mol. The van der Waals surface area contributed by atoms with Gasteiger partial charge in [0.25, 0.3) is 0 Å². The summed E-state index contributed by atoms with van der Waals surface area (Å²) in [5, 5.41) is 0. The van der Waals surface area contributed by atoms with E-state index in [0.717, 1.165) is 50.7 Å². The largest absolute Gasteiger partial charge is 0.324 e. The highest BCUT2D eigenvalue weighted by Crippen LogP contribution is 2.25. The second-order valence-electron chi connectivity index (χ2n) is 5.68. The van der Waals surface area contributed by atoms with Gasteiger partial charge >= 0.3 is 0 Å². The van der Waals surface area contributed by atoms with E-state index >= 15 is 0 Å². The highest BCUT2D eigenvalue weighted by Gasteiger charge is 2.29. The van der Waals surface area contributed by atoms with Gasteiger partial charge in [-0.1, -0.05) is 25.7 Å². The van der Waals surface area contributed by atoms with Crippen molar-refractivity contribution in [2.45, 2.75) is 49.0 Å². The average Bonchev–Trinajstić information content (AvgIpc) is 2.65. The SMILES string of the molecule is NC1(CNS(=O)(=O)c2cc(F)ccc2F)CCCCCC1. The Morgan fingerprint density at radius 2 is 1.76 bits per heavy atom. The molecule has 0 atom stereocenters. The molecule has 0 amide bonds. The molecule has 3 N–H and O–H groups in total. The van der Waals surface area contributed by atoms with Crippen LogP contribution >= 0.6 is 0 Å². The lowest BCUT2D eigenvalue weighted by Gasteiger charge is -2.28. The molecule has 0 unspecified atom stereocenters. The molecule has 1 aromatic rings. The van der Waals surface area contributed by atoms with E-state index in [1.807, 2.05) is 0 Å². The predicted molar refractivity (Wildman–Crippen MR) is 76.2 cm³/mol. The molecule has 0 aliphatic heterocycles. The maximum Gasteiger partial charge on any atom is 0.243 e. The number of rotatable bonds is 4. The van der Waals surface area contributed by atoms with E-state index in [2.05, 4.69) is 4.72 Å². The first-order chi connectivity index (χ1) is 9.82. The third kappa shape index (κ3) is 4.21. The van der Waals surface area contributed by atoms with Gasteiger partial charge in [0.05, 0.1) is 0 Å². The van der Waals surface area contributed by atoms with E-state index in [1.165, 1.54) is 0 Å². The summed E-state index contributed by atoms with van der Waals surface area (Å²) in [5.74, 6) is -1.77. The maximum absolute atomic E-state index is 13.6. The number of hydrogen-bond donors (Lipinski definition) is 2. The van der Waals surface area contributed by atoms with Crippen molar-refractivity contribution in [2.75, 3.05) is 6.54 Å². The minimum Gasteiger partial charge on any atom is -0.324 e. The molecule has 1 aliphatic rings. The Kier molecular flexibility index (Phi) is 4.95. The van der Waals surface area contributed by atoms with Crippen LogP contribution in [0.5, 0.6) is 0 Å². The summed E-state index contributed by atoms with van der Waals surface area (Å²) in [6, 6.07) is 2.35. The van der Waals surface area contributed by atoms with E-state index < -0.39 is 32.1 Å². The zero-order chi connectivity index (χ0) is 15.5. The fourth-order valence-electron chi connectivity index (χ4n) is 2.61. The lowest BCUT2D eigenvalue weighted by atomic mass is 9.92. The molecule has 0 radical (unpaired) electrons. The van der Waals surface area contributed by atoms with Gasteiger partial charge in [-0.3, -0.25) is 0 Å². The summed E-state index contributed by atoms with van der Waals surface area (Å²) in [6.07, 6.45) is 5.52. The first-order valence-electron chi connectivity index (χ1n) is 7.06. The Morgan fingerprint density at radius 3 is 2.38 bits per heavy atom. The zero-order valence-corrected chi connectivity index (χ0v) is 12.6. The molecule has 7 heteroatoms. The van der Waals surface area contributed by atoms with Crippen molar-refractivity contribution >= 4 is 10.0 Å². The molecule has 2 rings (SSSR count). The third-order valence-corrected chi connectivity index (χ3v) is 5.31. The smallest absolute Gasteiger partial charge is 0.243 e. The van der Waals surface area contributed by atoms with Crippen molar-refractivity contribution in [2.24, 2.45) is 5.73 Å². The Balaban J connectivity index is 2.12. The monoisotopic (exact) mass is 318 g/mol. The molecular formula is C14H20F2N2O2S. The molecule has 1 aromatic carbocycles. The standard InChI is InChI=1S/C14H20F2N2O2S/c15-11-5-6-12(16)13(9-11)21(19,20)18-10-14(17)7-3-1-2-4-8-14/h5-6,9,18H,1-4,7-8,10,17H2. The topological polar surface area (TPSA) is 72.2 Å². The molecule has 0 spiro atoms. The Hall–Kier alpha value is -1.05. The van der Waals surface area contributed by atoms with Crippen LogP contribution in [-0.4, -0.2) is 20.5 Å². The molecule has 118 valence electrons. The second-order valence-corrected chi connectivity index (χ2v) is 7.41. The highest BCUT2D eigenvalue weighted by atomic mass is 32.2. The van der Waals surface area contributed by atoms with Crippen LogP contribution < -0.4 is 10.5 Å². The molecule has 0 heterocycles. The molecule has 21 heavy (non-hydrogen) atoms. The number of benzene rings is 1. The van der Waals surface area contributed by atoms with E-state index in [0.29, 0.717) is 6.07 Å². The third-order valence-electron chi connectivity index (χ3n) is 3.90. The molecule has 1 fully saturated rings. The first-order valence-corrected chi connectivity index (χ1v) is 8.54. The quantitative estimate of drug-likeness (QED) is 0.837. The molecule has 1 aliphatic carbocycles. The van der Waals surface area contributed by atoms with Crippen molar-refractivity contribution < 1.29 is 17.2 Å². The van der Waals surface area contributed by atoms with Crippen molar-refractivity contribution in [3.8, 4) is 0 Å². The summed E-state index contributed by atoms with van der Waals surface area (Å²) >= 11 is 0. The lowest BCUT2D eigenvalue weighted by Crippen LogP contribution is -2.49. The van der Waals surface area contributed by atoms with Gasteiger partial charge in [-0.15, -0.1) is 0 Å². The van der Waals surface area contributed by atoms with E-state index in [9.17, 15) is 17.2 Å². The molecular weight excluding hydrogens is 298 g/mol. The lowest BCUT2D eigenvalue weighted by molar-refractivity contribution is 0.368. The van der Waals surface area contributed by atoms with Crippen LogP contribution in [0.2, 0.25) is 0 Å². The van der Waals surface area contributed by atoms with Crippen LogP contribution in [0.25, 0.3) is 0 Å². The molecule has 0 bridgehead atoms. The summed E-state index contributed by atoms with van der Waals surface area (Å²) in [7, 11) is -4.11. The van der Waals surface area contributed by atoms with E-state index in [4.69, 9.17) is 5.73 Å². The van der Waals surface area contributed by atoms with Gasteiger partial charge in [0, 0.05) is 12.1 Å². The second kappa shape index (κ2) is 6.37. The number of halogens is 2. The number of hydrogen-bond acceptors (Lipinski definition) is 3. The van der Waals surface area contributed by atoms with Gasteiger partial charge in [0.2, 0.25) is 10.0 Å². The van der Waals surface area contributed by atoms with Gasteiger partial charge in [0.15, 0.2) is 0 Å². The van der Waals surface area contributed by atoms with Gasteiger partial charge < -0.3 is 5.73 Å². The number of nitrogens with one attached hydrogen (secondary N) is 1. The Bertz CT molecular complexity index is 597. The fraction of sp³-hybridized carbons (Fsp3) is 0.571. The Labute approximate surface area is 123 Å². The summed E-state index contributed by atoms with van der Waals surface area (Å²) in [6.45, 7) is 0.0330. The molecule has 0 aromatic heterocycles. The van der Waals surface area contributed by atoms with Crippen LogP contribution in [0.4, 0.5) is 8.78 Å². The van der Waals surface area contributed by atoms with Crippen molar-refractivity contribution in [3.63, 3.8) is 0 Å². The Morgan fingerprint density at radius 1 is 1.14 bits per heavy atom. The van der Waals surface area contributed by atoms with Crippen LogP contribution in [-0.2, 0) is 10.0 Å². The van der Waals surface area contributed by atoms with E-state index in [1.54, 1.807) is 0 Å². The van der Waals surface area contributed by atoms with Crippen LogP contribution in [0.1, 0.15) is 38.5 Å².